The van der Waals surface area contributed by atoms with Gasteiger partial charge in [0, 0.05) is 0 Å². The van der Waals surface area contributed by atoms with E-state index in [1.165, 1.54) is 6.26 Å². The summed E-state index contributed by atoms with van der Waals surface area (Å²) in [7, 11) is -13.7. The van der Waals surface area contributed by atoms with Gasteiger partial charge in [0.1, 0.15) is 15.6 Å². The van der Waals surface area contributed by atoms with Gasteiger partial charge in [-0.3, -0.25) is 4.55 Å². The Morgan fingerprint density at radius 3 is 2.23 bits per heavy atom. The maximum absolute atomic E-state index is 13.1. The summed E-state index contributed by atoms with van der Waals surface area (Å²) >= 11 is 0. The SMILES string of the molecule is NS(=O)(=O)c1cc(S(=O)(=O)O)c(NCc2ccco2)cc1S(=O)(=O)CC1CCCCC1. The van der Waals surface area contributed by atoms with Crippen molar-refractivity contribution < 1.29 is 34.2 Å². The molecule has 1 saturated carbocycles. The van der Waals surface area contributed by atoms with Gasteiger partial charge in [0.25, 0.3) is 10.1 Å². The van der Waals surface area contributed by atoms with E-state index < -0.39 is 44.7 Å². The fourth-order valence-electron chi connectivity index (χ4n) is 3.71. The summed E-state index contributed by atoms with van der Waals surface area (Å²) in [5.74, 6) is -0.00507. The van der Waals surface area contributed by atoms with Crippen LogP contribution < -0.4 is 10.5 Å². The van der Waals surface area contributed by atoms with E-state index in [-0.39, 0.29) is 23.9 Å². The molecule has 0 aliphatic heterocycles. The molecule has 172 valence electrons. The van der Waals surface area contributed by atoms with Crippen molar-refractivity contribution in [2.75, 3.05) is 11.1 Å². The molecule has 1 aliphatic carbocycles. The highest BCUT2D eigenvalue weighted by molar-refractivity contribution is 7.93. The van der Waals surface area contributed by atoms with E-state index in [1.54, 1.807) is 12.1 Å². The van der Waals surface area contributed by atoms with Gasteiger partial charge in [-0.2, -0.15) is 8.42 Å². The summed E-state index contributed by atoms with van der Waals surface area (Å²) < 4.78 is 89.0. The molecule has 0 saturated heterocycles. The summed E-state index contributed by atoms with van der Waals surface area (Å²) in [5.41, 5.74) is -0.284. The van der Waals surface area contributed by atoms with Gasteiger partial charge in [-0.1, -0.05) is 19.3 Å². The van der Waals surface area contributed by atoms with Crippen LogP contribution in [0.3, 0.4) is 0 Å². The number of hydrogen-bond acceptors (Lipinski definition) is 8. The summed E-state index contributed by atoms with van der Waals surface area (Å²) in [4.78, 5) is -2.28. The average Bonchev–Trinajstić information content (AvgIpc) is 3.18. The number of furan rings is 1. The molecule has 0 spiro atoms. The van der Waals surface area contributed by atoms with Crippen molar-refractivity contribution in [3.63, 3.8) is 0 Å². The van der Waals surface area contributed by atoms with Gasteiger partial charge in [0.05, 0.1) is 29.1 Å². The van der Waals surface area contributed by atoms with E-state index in [9.17, 15) is 29.8 Å². The van der Waals surface area contributed by atoms with Crippen molar-refractivity contribution >= 4 is 35.7 Å². The fraction of sp³-hybridized carbons (Fsp3) is 0.444. The van der Waals surface area contributed by atoms with Gasteiger partial charge >= 0.3 is 0 Å². The van der Waals surface area contributed by atoms with Gasteiger partial charge < -0.3 is 9.73 Å². The zero-order valence-electron chi connectivity index (χ0n) is 16.5. The minimum atomic E-state index is -4.90. The van der Waals surface area contributed by atoms with E-state index in [2.05, 4.69) is 5.32 Å². The van der Waals surface area contributed by atoms with Gasteiger partial charge in [0.2, 0.25) is 10.0 Å². The summed E-state index contributed by atoms with van der Waals surface area (Å²) in [6.07, 6.45) is 5.60. The molecular formula is C18H24N2O8S3. The molecule has 1 aromatic carbocycles. The Balaban J connectivity index is 2.12. The van der Waals surface area contributed by atoms with Crippen LogP contribution in [-0.2, 0) is 36.5 Å². The molecule has 31 heavy (non-hydrogen) atoms. The second-order valence-corrected chi connectivity index (χ2v) is 12.5. The van der Waals surface area contributed by atoms with Crippen LogP contribution in [0.15, 0.2) is 49.6 Å². The molecule has 0 bridgehead atoms. The van der Waals surface area contributed by atoms with Crippen LogP contribution >= 0.6 is 0 Å². The minimum absolute atomic E-state index is 0.0354. The molecule has 1 heterocycles. The maximum atomic E-state index is 13.1. The highest BCUT2D eigenvalue weighted by Crippen LogP contribution is 2.34. The van der Waals surface area contributed by atoms with Crippen molar-refractivity contribution in [1.82, 2.24) is 0 Å². The highest BCUT2D eigenvalue weighted by atomic mass is 32.2. The standard InChI is InChI=1S/C18H24N2O8S3/c19-30(23,24)18-10-16(31(25,26)27)15(20-11-14-7-4-8-28-14)9-17(18)29(21,22)12-13-5-2-1-3-6-13/h4,7-10,13,20H,1-3,5-6,11-12H2,(H2,19,23,24)(H,25,26,27). The summed E-state index contributed by atoms with van der Waals surface area (Å²) in [6, 6.07) is 4.66. The van der Waals surface area contributed by atoms with Crippen molar-refractivity contribution in [3.05, 3.63) is 36.3 Å². The zero-order chi connectivity index (χ0) is 22.9. The second kappa shape index (κ2) is 8.90. The smallest absolute Gasteiger partial charge is 0.296 e. The van der Waals surface area contributed by atoms with Crippen molar-refractivity contribution in [2.24, 2.45) is 11.1 Å². The fourth-order valence-corrected chi connectivity index (χ4v) is 7.61. The van der Waals surface area contributed by atoms with E-state index in [0.29, 0.717) is 24.7 Å². The molecule has 13 heteroatoms. The number of primary sulfonamides is 1. The van der Waals surface area contributed by atoms with Crippen LogP contribution in [-0.4, -0.2) is 35.6 Å². The number of nitrogens with one attached hydrogen (secondary N) is 1. The van der Waals surface area contributed by atoms with E-state index in [0.717, 1.165) is 25.3 Å². The maximum Gasteiger partial charge on any atom is 0.296 e. The van der Waals surface area contributed by atoms with Crippen LogP contribution in [0.2, 0.25) is 0 Å². The third-order valence-corrected chi connectivity index (χ3v) is 9.07. The molecule has 0 atom stereocenters. The quantitative estimate of drug-likeness (QED) is 0.466. The van der Waals surface area contributed by atoms with Gasteiger partial charge in [-0.25, -0.2) is 22.0 Å². The first kappa shape index (κ1) is 23.7. The van der Waals surface area contributed by atoms with Crippen LogP contribution in [0.4, 0.5) is 5.69 Å². The Bertz CT molecular complexity index is 1250. The number of sulfone groups is 1. The first-order valence-electron chi connectivity index (χ1n) is 9.55. The molecule has 10 nitrogen and oxygen atoms in total. The Kier molecular flexibility index (Phi) is 6.81. The Morgan fingerprint density at radius 2 is 1.68 bits per heavy atom. The normalized spacial score (nSPS) is 16.3. The van der Waals surface area contributed by atoms with Gasteiger partial charge in [-0.05, 0) is 43.0 Å². The van der Waals surface area contributed by atoms with Crippen LogP contribution in [0.25, 0.3) is 0 Å². The molecule has 2 aromatic rings. The predicted molar refractivity (Wildman–Crippen MR) is 112 cm³/mol. The lowest BCUT2D eigenvalue weighted by atomic mass is 9.91. The third kappa shape index (κ3) is 5.86. The molecule has 4 N–H and O–H groups in total. The summed E-state index contributed by atoms with van der Waals surface area (Å²) in [6.45, 7) is -0.0354. The average molecular weight is 493 g/mol. The van der Waals surface area contributed by atoms with Crippen LogP contribution in [0, 0.1) is 5.92 Å². The predicted octanol–water partition coefficient (Wildman–Crippen LogP) is 2.14. The monoisotopic (exact) mass is 492 g/mol. The van der Waals surface area contributed by atoms with E-state index >= 15 is 0 Å². The Labute approximate surface area is 181 Å². The number of nitrogens with two attached hydrogens (primary N) is 1. The summed E-state index contributed by atoms with van der Waals surface area (Å²) in [5, 5.41) is 7.88. The highest BCUT2D eigenvalue weighted by Gasteiger charge is 2.32. The minimum Gasteiger partial charge on any atom is -0.467 e. The number of hydrogen-bond donors (Lipinski definition) is 3. The van der Waals surface area contributed by atoms with Crippen molar-refractivity contribution in [1.29, 1.82) is 0 Å². The molecular weight excluding hydrogens is 468 g/mol. The number of anilines is 1. The molecule has 0 unspecified atom stereocenters. The van der Waals surface area contributed by atoms with Crippen LogP contribution in [0.5, 0.6) is 0 Å². The lowest BCUT2D eigenvalue weighted by molar-refractivity contribution is 0.385. The Morgan fingerprint density at radius 1 is 1.00 bits per heavy atom. The van der Waals surface area contributed by atoms with Gasteiger partial charge in [0.15, 0.2) is 9.84 Å². The second-order valence-electron chi connectivity index (χ2n) is 7.53. The van der Waals surface area contributed by atoms with Crippen molar-refractivity contribution in [3.8, 4) is 0 Å². The first-order chi connectivity index (χ1) is 14.4. The molecule has 0 radical (unpaired) electrons. The largest absolute Gasteiger partial charge is 0.467 e. The Hall–Kier alpha value is -1.93. The van der Waals surface area contributed by atoms with E-state index in [4.69, 9.17) is 9.56 Å². The lowest BCUT2D eigenvalue weighted by Gasteiger charge is -2.22. The number of rotatable bonds is 8. The number of sulfonamides is 1. The topological polar surface area (TPSA) is 174 Å². The third-order valence-electron chi connectivity index (χ3n) is 5.18. The van der Waals surface area contributed by atoms with Crippen LogP contribution in [0.1, 0.15) is 37.9 Å². The first-order valence-corrected chi connectivity index (χ1v) is 14.2. The lowest BCUT2D eigenvalue weighted by Crippen LogP contribution is -2.23. The number of benzene rings is 1. The molecule has 1 aliphatic rings. The van der Waals surface area contributed by atoms with Gasteiger partial charge in [-0.15, -0.1) is 0 Å². The van der Waals surface area contributed by atoms with E-state index in [1.807, 2.05) is 0 Å². The molecule has 0 amide bonds. The molecule has 1 aromatic heterocycles. The van der Waals surface area contributed by atoms with Crippen molar-refractivity contribution in [2.45, 2.75) is 53.3 Å². The zero-order valence-corrected chi connectivity index (χ0v) is 19.0. The molecule has 1 fully saturated rings. The molecule has 3 rings (SSSR count).